The van der Waals surface area contributed by atoms with Gasteiger partial charge in [0.15, 0.2) is 0 Å². The maximum atomic E-state index is 4.78. The normalized spacial score (nSPS) is 20.8. The molecule has 102 valence electrons. The van der Waals surface area contributed by atoms with E-state index >= 15 is 0 Å². The molecule has 0 aromatic carbocycles. The minimum atomic E-state index is 0.149. The molecule has 0 saturated carbocycles. The van der Waals surface area contributed by atoms with Gasteiger partial charge in [-0.3, -0.25) is 4.57 Å². The minimum absolute atomic E-state index is 0.149. The molecule has 4 heteroatoms. The van der Waals surface area contributed by atoms with Gasteiger partial charge in [-0.1, -0.05) is 27.7 Å². The molecule has 0 fully saturated rings. The Hall–Kier alpha value is -0.740. The van der Waals surface area contributed by atoms with Crippen LogP contribution in [0.1, 0.15) is 39.1 Å². The Kier molecular flexibility index (Phi) is 3.06. The van der Waals surface area contributed by atoms with E-state index in [1.165, 1.54) is 16.4 Å². The van der Waals surface area contributed by atoms with Gasteiger partial charge >= 0.3 is 0 Å². The van der Waals surface area contributed by atoms with Gasteiger partial charge in [0.1, 0.15) is 11.3 Å². The highest BCUT2D eigenvalue weighted by molar-refractivity contribution is 7.99. The first-order valence-electron chi connectivity index (χ1n) is 6.62. The van der Waals surface area contributed by atoms with Gasteiger partial charge in [0.25, 0.3) is 0 Å². The Labute approximate surface area is 123 Å². The van der Waals surface area contributed by atoms with Gasteiger partial charge in [0, 0.05) is 22.3 Å². The highest BCUT2D eigenvalue weighted by Crippen LogP contribution is 2.42. The maximum absolute atomic E-state index is 4.78. The van der Waals surface area contributed by atoms with Crippen LogP contribution in [0.25, 0.3) is 5.00 Å². The van der Waals surface area contributed by atoms with E-state index in [1.807, 2.05) is 18.1 Å². The van der Waals surface area contributed by atoms with Crippen molar-refractivity contribution in [1.82, 2.24) is 9.55 Å². The van der Waals surface area contributed by atoms with Crippen LogP contribution in [0.15, 0.2) is 23.8 Å². The first-order valence-corrected chi connectivity index (χ1v) is 8.65. The van der Waals surface area contributed by atoms with Gasteiger partial charge in [-0.05, 0) is 17.5 Å². The molecule has 19 heavy (non-hydrogen) atoms. The number of imidazole rings is 1. The summed E-state index contributed by atoms with van der Waals surface area (Å²) in [5, 5.41) is 3.40. The Bertz CT molecular complexity index is 579. The molecule has 2 aromatic heterocycles. The number of hydrogen-bond acceptors (Lipinski definition) is 3. The average Bonchev–Trinajstić information content (AvgIpc) is 2.95. The maximum Gasteiger partial charge on any atom is 0.100 e. The van der Waals surface area contributed by atoms with Crippen molar-refractivity contribution in [2.24, 2.45) is 0 Å². The minimum Gasteiger partial charge on any atom is -0.294 e. The zero-order valence-electron chi connectivity index (χ0n) is 11.9. The van der Waals surface area contributed by atoms with E-state index in [9.17, 15) is 0 Å². The molecule has 0 spiro atoms. The second kappa shape index (κ2) is 4.38. The highest BCUT2D eigenvalue weighted by Gasteiger charge is 2.39. The van der Waals surface area contributed by atoms with Crippen LogP contribution in [-0.2, 0) is 10.8 Å². The van der Waals surface area contributed by atoms with Gasteiger partial charge < -0.3 is 0 Å². The van der Waals surface area contributed by atoms with Crippen LogP contribution in [-0.4, -0.2) is 21.1 Å². The Morgan fingerprint density at radius 3 is 2.58 bits per heavy atom. The van der Waals surface area contributed by atoms with Crippen molar-refractivity contribution in [2.75, 3.05) is 11.5 Å². The van der Waals surface area contributed by atoms with Crippen LogP contribution >= 0.6 is 23.1 Å². The molecule has 0 atom stereocenters. The van der Waals surface area contributed by atoms with Crippen molar-refractivity contribution in [3.63, 3.8) is 0 Å². The molecular formula is C15H20N2S2. The first-order chi connectivity index (χ1) is 8.92. The van der Waals surface area contributed by atoms with Gasteiger partial charge in [-0.2, -0.15) is 11.8 Å². The summed E-state index contributed by atoms with van der Waals surface area (Å²) in [7, 11) is 0. The molecule has 1 aliphatic heterocycles. The fraction of sp³-hybridized carbons (Fsp3) is 0.533. The van der Waals surface area contributed by atoms with Crippen molar-refractivity contribution in [1.29, 1.82) is 0 Å². The third-order valence-corrected chi connectivity index (χ3v) is 6.44. The van der Waals surface area contributed by atoms with Gasteiger partial charge in [0.2, 0.25) is 0 Å². The molecule has 2 nitrogen and oxygen atoms in total. The number of fused-ring (bicyclic) bond motifs is 1. The van der Waals surface area contributed by atoms with E-state index in [2.05, 4.69) is 49.8 Å². The number of thioether (sulfide) groups is 1. The molecule has 0 radical (unpaired) electrons. The number of rotatable bonds is 1. The van der Waals surface area contributed by atoms with E-state index in [0.29, 0.717) is 0 Å². The summed E-state index contributed by atoms with van der Waals surface area (Å²) in [5.41, 5.74) is 2.98. The SMILES string of the molecule is CC1(C)CSCC(C)(C)c2c1ncn2-c1cccs1. The summed E-state index contributed by atoms with van der Waals surface area (Å²) in [6.45, 7) is 9.30. The molecular weight excluding hydrogens is 272 g/mol. The van der Waals surface area contributed by atoms with Crippen LogP contribution in [0.4, 0.5) is 0 Å². The fourth-order valence-corrected chi connectivity index (χ4v) is 4.86. The molecule has 0 saturated heterocycles. The zero-order valence-corrected chi connectivity index (χ0v) is 13.6. The van der Waals surface area contributed by atoms with Crippen LogP contribution in [0, 0.1) is 0 Å². The highest BCUT2D eigenvalue weighted by atomic mass is 32.2. The lowest BCUT2D eigenvalue weighted by Gasteiger charge is -2.26. The standard InChI is InChI=1S/C15H20N2S2/c1-14(2)8-18-9-15(3,4)13-12(14)16-10-17(13)11-6-5-7-19-11/h5-7,10H,8-9H2,1-4H3. The van der Waals surface area contributed by atoms with E-state index in [4.69, 9.17) is 4.98 Å². The fourth-order valence-electron chi connectivity index (χ4n) is 2.76. The van der Waals surface area contributed by atoms with E-state index in [0.717, 1.165) is 11.5 Å². The van der Waals surface area contributed by atoms with Crippen molar-refractivity contribution >= 4 is 23.1 Å². The molecule has 2 aromatic rings. The Morgan fingerprint density at radius 2 is 1.89 bits per heavy atom. The predicted molar refractivity (Wildman–Crippen MR) is 84.8 cm³/mol. The smallest absolute Gasteiger partial charge is 0.100 e. The quantitative estimate of drug-likeness (QED) is 0.782. The van der Waals surface area contributed by atoms with E-state index in [1.54, 1.807) is 11.3 Å². The van der Waals surface area contributed by atoms with E-state index < -0.39 is 0 Å². The summed E-state index contributed by atoms with van der Waals surface area (Å²) < 4.78 is 2.30. The van der Waals surface area contributed by atoms with Crippen molar-refractivity contribution < 1.29 is 0 Å². The van der Waals surface area contributed by atoms with Crippen molar-refractivity contribution in [3.8, 4) is 5.00 Å². The molecule has 0 N–H and O–H groups in total. The van der Waals surface area contributed by atoms with Gasteiger partial charge in [0.05, 0.1) is 11.4 Å². The third kappa shape index (κ3) is 2.15. The molecule has 1 aliphatic rings. The third-order valence-electron chi connectivity index (χ3n) is 3.72. The number of hydrogen-bond donors (Lipinski definition) is 0. The van der Waals surface area contributed by atoms with Crippen LogP contribution in [0.2, 0.25) is 0 Å². The lowest BCUT2D eigenvalue weighted by Crippen LogP contribution is -2.26. The average molecular weight is 292 g/mol. The van der Waals surface area contributed by atoms with Crippen molar-refractivity contribution in [3.05, 3.63) is 35.2 Å². The second-order valence-corrected chi connectivity index (χ2v) is 8.44. The molecule has 0 aliphatic carbocycles. The molecule has 0 bridgehead atoms. The predicted octanol–water partition coefficient (Wildman–Crippen LogP) is 4.24. The van der Waals surface area contributed by atoms with Gasteiger partial charge in [-0.15, -0.1) is 11.3 Å². The number of aromatic nitrogens is 2. The molecule has 3 rings (SSSR count). The Balaban J connectivity index is 2.24. The van der Waals surface area contributed by atoms with Crippen LogP contribution in [0.5, 0.6) is 0 Å². The molecule has 0 unspecified atom stereocenters. The van der Waals surface area contributed by atoms with E-state index in [-0.39, 0.29) is 10.8 Å². The Morgan fingerprint density at radius 1 is 1.16 bits per heavy atom. The summed E-state index contributed by atoms with van der Waals surface area (Å²) in [6, 6.07) is 4.28. The summed E-state index contributed by atoms with van der Waals surface area (Å²) in [6.07, 6.45) is 2.01. The lowest BCUT2D eigenvalue weighted by molar-refractivity contribution is 0.530. The lowest BCUT2D eigenvalue weighted by atomic mass is 9.82. The van der Waals surface area contributed by atoms with Crippen LogP contribution < -0.4 is 0 Å². The summed E-state index contributed by atoms with van der Waals surface area (Å²) in [4.78, 5) is 4.78. The largest absolute Gasteiger partial charge is 0.294 e. The second-order valence-electron chi connectivity index (χ2n) is 6.52. The van der Waals surface area contributed by atoms with Crippen molar-refractivity contribution in [2.45, 2.75) is 38.5 Å². The molecule has 0 amide bonds. The number of nitrogens with zero attached hydrogens (tertiary/aromatic N) is 2. The summed E-state index contributed by atoms with van der Waals surface area (Å²) >= 11 is 3.82. The zero-order chi connectivity index (χ0) is 13.7. The summed E-state index contributed by atoms with van der Waals surface area (Å²) in [5.74, 6) is 2.30. The van der Waals surface area contributed by atoms with Crippen LogP contribution in [0.3, 0.4) is 0 Å². The monoisotopic (exact) mass is 292 g/mol. The number of thiophene rings is 1. The molecule has 3 heterocycles. The van der Waals surface area contributed by atoms with Gasteiger partial charge in [-0.25, -0.2) is 4.98 Å². The first kappa shape index (κ1) is 13.3. The topological polar surface area (TPSA) is 17.8 Å².